The molecule has 1 amide bonds. The summed E-state index contributed by atoms with van der Waals surface area (Å²) >= 11 is 0. The van der Waals surface area contributed by atoms with Gasteiger partial charge in [-0.15, -0.1) is 0 Å². The van der Waals surface area contributed by atoms with Crippen LogP contribution in [0.25, 0.3) is 0 Å². The number of piperidine rings is 1. The summed E-state index contributed by atoms with van der Waals surface area (Å²) in [5, 5.41) is 12.0. The summed E-state index contributed by atoms with van der Waals surface area (Å²) in [5.74, 6) is -0.192. The van der Waals surface area contributed by atoms with Gasteiger partial charge in [-0.1, -0.05) is 12.8 Å². The second-order valence-corrected chi connectivity index (χ2v) is 5.42. The molecule has 5 nitrogen and oxygen atoms in total. The molecule has 2 rings (SSSR count). The molecule has 18 heavy (non-hydrogen) atoms. The average Bonchev–Trinajstić information content (AvgIpc) is 2.27. The van der Waals surface area contributed by atoms with Gasteiger partial charge in [0.25, 0.3) is 0 Å². The Morgan fingerprint density at radius 3 is 2.56 bits per heavy atom. The first-order chi connectivity index (χ1) is 8.66. The van der Waals surface area contributed by atoms with Crippen molar-refractivity contribution in [3.8, 4) is 0 Å². The minimum absolute atomic E-state index is 0.0324. The Balaban J connectivity index is 1.75. The van der Waals surface area contributed by atoms with E-state index in [0.717, 1.165) is 19.4 Å². The summed E-state index contributed by atoms with van der Waals surface area (Å²) in [7, 11) is 0. The second kappa shape index (κ2) is 6.18. The lowest BCUT2D eigenvalue weighted by molar-refractivity contribution is -0.145. The molecule has 1 saturated carbocycles. The van der Waals surface area contributed by atoms with Crippen molar-refractivity contribution in [2.75, 3.05) is 19.6 Å². The molecule has 1 heterocycles. The zero-order valence-corrected chi connectivity index (χ0v) is 10.7. The summed E-state index contributed by atoms with van der Waals surface area (Å²) < 4.78 is 0. The van der Waals surface area contributed by atoms with E-state index in [1.54, 1.807) is 4.90 Å². The molecule has 1 unspecified atom stereocenters. The fraction of sp³-hybridized carbons (Fsp3) is 0.846. The maximum Gasteiger partial charge on any atom is 0.320 e. The van der Waals surface area contributed by atoms with Gasteiger partial charge < -0.3 is 10.4 Å². The molecule has 5 heteroatoms. The van der Waals surface area contributed by atoms with Gasteiger partial charge in [0, 0.05) is 6.54 Å². The maximum absolute atomic E-state index is 11.8. The molecule has 1 atom stereocenters. The van der Waals surface area contributed by atoms with Gasteiger partial charge in [-0.05, 0) is 38.1 Å². The minimum atomic E-state index is -0.804. The number of carboxylic acids is 1. The van der Waals surface area contributed by atoms with Crippen LogP contribution in [0.1, 0.15) is 38.5 Å². The fourth-order valence-electron chi connectivity index (χ4n) is 2.66. The third-order valence-electron chi connectivity index (χ3n) is 4.06. The van der Waals surface area contributed by atoms with E-state index in [1.807, 2.05) is 0 Å². The van der Waals surface area contributed by atoms with Crippen LogP contribution in [0.4, 0.5) is 0 Å². The van der Waals surface area contributed by atoms with E-state index < -0.39 is 12.0 Å². The van der Waals surface area contributed by atoms with Crippen molar-refractivity contribution >= 4 is 11.9 Å². The number of carboxylic acid groups (broad SMARTS) is 1. The fourth-order valence-corrected chi connectivity index (χ4v) is 2.66. The topological polar surface area (TPSA) is 69.6 Å². The molecule has 2 fully saturated rings. The van der Waals surface area contributed by atoms with Crippen LogP contribution in [0.3, 0.4) is 0 Å². The highest BCUT2D eigenvalue weighted by molar-refractivity contribution is 5.80. The molecule has 2 aliphatic rings. The molecule has 1 aliphatic carbocycles. The van der Waals surface area contributed by atoms with Crippen LogP contribution in [0.2, 0.25) is 0 Å². The molecule has 0 aromatic rings. The quantitative estimate of drug-likeness (QED) is 0.763. The molecule has 2 N–H and O–H groups in total. The molecular formula is C13H22N2O3. The van der Waals surface area contributed by atoms with Crippen molar-refractivity contribution in [3.05, 3.63) is 0 Å². The lowest BCUT2D eigenvalue weighted by Crippen LogP contribution is -2.49. The number of nitrogens with zero attached hydrogens (tertiary/aromatic N) is 1. The van der Waals surface area contributed by atoms with Gasteiger partial charge >= 0.3 is 5.97 Å². The molecule has 0 radical (unpaired) electrons. The second-order valence-electron chi connectivity index (χ2n) is 5.42. The van der Waals surface area contributed by atoms with Crippen LogP contribution in [-0.4, -0.2) is 47.6 Å². The monoisotopic (exact) mass is 254 g/mol. The van der Waals surface area contributed by atoms with Gasteiger partial charge in [0.15, 0.2) is 0 Å². The van der Waals surface area contributed by atoms with E-state index in [4.69, 9.17) is 5.11 Å². The molecular weight excluding hydrogens is 232 g/mol. The number of nitrogens with one attached hydrogen (secondary N) is 1. The Hall–Kier alpha value is -1.10. The standard InChI is InChI=1S/C13H22N2O3/c16-12(14-8-10-4-3-5-10)9-15-7-2-1-6-11(15)13(17)18/h10-11H,1-9H2,(H,14,16)(H,17,18). The van der Waals surface area contributed by atoms with E-state index in [0.29, 0.717) is 18.9 Å². The van der Waals surface area contributed by atoms with E-state index in [-0.39, 0.29) is 12.5 Å². The van der Waals surface area contributed by atoms with Gasteiger partial charge in [-0.25, -0.2) is 0 Å². The predicted octanol–water partition coefficient (Wildman–Crippen LogP) is 0.842. The zero-order valence-electron chi connectivity index (χ0n) is 10.7. The number of hydrogen-bond donors (Lipinski definition) is 2. The van der Waals surface area contributed by atoms with Crippen molar-refractivity contribution in [1.82, 2.24) is 10.2 Å². The Bertz CT molecular complexity index is 315. The molecule has 0 aromatic carbocycles. The van der Waals surface area contributed by atoms with Gasteiger partial charge in [0.05, 0.1) is 6.54 Å². The highest BCUT2D eigenvalue weighted by Gasteiger charge is 2.29. The number of amides is 1. The van der Waals surface area contributed by atoms with Crippen LogP contribution >= 0.6 is 0 Å². The molecule has 0 aromatic heterocycles. The third kappa shape index (κ3) is 3.45. The average molecular weight is 254 g/mol. The first-order valence-corrected chi connectivity index (χ1v) is 6.90. The first kappa shape index (κ1) is 13.3. The summed E-state index contributed by atoms with van der Waals surface area (Å²) in [5.41, 5.74) is 0. The largest absolute Gasteiger partial charge is 0.480 e. The van der Waals surface area contributed by atoms with Crippen molar-refractivity contribution in [2.45, 2.75) is 44.6 Å². The Kier molecular flexibility index (Phi) is 4.58. The number of rotatable bonds is 5. The molecule has 1 aliphatic heterocycles. The predicted molar refractivity (Wildman–Crippen MR) is 67.2 cm³/mol. The van der Waals surface area contributed by atoms with E-state index in [1.165, 1.54) is 19.3 Å². The van der Waals surface area contributed by atoms with Crippen LogP contribution in [0.5, 0.6) is 0 Å². The summed E-state index contributed by atoms with van der Waals surface area (Å²) in [4.78, 5) is 24.7. The molecule has 102 valence electrons. The zero-order chi connectivity index (χ0) is 13.0. The molecule has 0 spiro atoms. The Morgan fingerprint density at radius 2 is 1.94 bits per heavy atom. The summed E-state index contributed by atoms with van der Waals surface area (Å²) in [6.07, 6.45) is 6.28. The van der Waals surface area contributed by atoms with Crippen molar-refractivity contribution in [2.24, 2.45) is 5.92 Å². The molecule has 0 bridgehead atoms. The van der Waals surface area contributed by atoms with Crippen molar-refractivity contribution < 1.29 is 14.7 Å². The Morgan fingerprint density at radius 1 is 1.17 bits per heavy atom. The van der Waals surface area contributed by atoms with E-state index >= 15 is 0 Å². The van der Waals surface area contributed by atoms with Gasteiger partial charge in [0.2, 0.25) is 5.91 Å². The van der Waals surface area contributed by atoms with Crippen molar-refractivity contribution in [3.63, 3.8) is 0 Å². The normalized spacial score (nSPS) is 25.4. The smallest absolute Gasteiger partial charge is 0.320 e. The lowest BCUT2D eigenvalue weighted by atomic mass is 9.85. The number of hydrogen-bond acceptors (Lipinski definition) is 3. The summed E-state index contributed by atoms with van der Waals surface area (Å²) in [6.45, 7) is 1.70. The summed E-state index contributed by atoms with van der Waals surface area (Å²) in [6, 6.07) is -0.479. The number of aliphatic carboxylic acids is 1. The number of likely N-dealkylation sites (tertiary alicyclic amines) is 1. The SMILES string of the molecule is O=C(CN1CCCCC1C(=O)O)NCC1CCC1. The van der Waals surface area contributed by atoms with Crippen molar-refractivity contribution in [1.29, 1.82) is 0 Å². The third-order valence-corrected chi connectivity index (χ3v) is 4.06. The van der Waals surface area contributed by atoms with Gasteiger partial charge in [-0.2, -0.15) is 0 Å². The maximum atomic E-state index is 11.8. The highest BCUT2D eigenvalue weighted by Crippen LogP contribution is 2.25. The number of carbonyl (C=O) groups excluding carboxylic acids is 1. The van der Waals surface area contributed by atoms with E-state index in [2.05, 4.69) is 5.32 Å². The minimum Gasteiger partial charge on any atom is -0.480 e. The van der Waals surface area contributed by atoms with Crippen LogP contribution in [0, 0.1) is 5.92 Å². The van der Waals surface area contributed by atoms with Gasteiger partial charge in [-0.3, -0.25) is 14.5 Å². The Labute approximate surface area is 108 Å². The van der Waals surface area contributed by atoms with Crippen LogP contribution in [-0.2, 0) is 9.59 Å². The van der Waals surface area contributed by atoms with Gasteiger partial charge in [0.1, 0.15) is 6.04 Å². The number of carbonyl (C=O) groups is 2. The van der Waals surface area contributed by atoms with Crippen LogP contribution in [0.15, 0.2) is 0 Å². The van der Waals surface area contributed by atoms with E-state index in [9.17, 15) is 9.59 Å². The van der Waals surface area contributed by atoms with Crippen LogP contribution < -0.4 is 5.32 Å². The molecule has 1 saturated heterocycles. The highest BCUT2D eigenvalue weighted by atomic mass is 16.4. The first-order valence-electron chi connectivity index (χ1n) is 6.90. The lowest BCUT2D eigenvalue weighted by Gasteiger charge is -2.32.